The van der Waals surface area contributed by atoms with Crippen LogP contribution in [-0.2, 0) is 0 Å². The van der Waals surface area contributed by atoms with Crippen molar-refractivity contribution in [1.82, 2.24) is 5.16 Å². The number of halogens is 1. The summed E-state index contributed by atoms with van der Waals surface area (Å²) in [6, 6.07) is 27.4. The van der Waals surface area contributed by atoms with Gasteiger partial charge < -0.3 is 9.26 Å². The maximum atomic E-state index is 5.88. The molecule has 0 aliphatic rings. The van der Waals surface area contributed by atoms with Crippen molar-refractivity contribution in [3.63, 3.8) is 0 Å². The van der Waals surface area contributed by atoms with E-state index in [1.165, 1.54) is 0 Å². The second-order valence-electron chi connectivity index (χ2n) is 5.53. The molecule has 4 aromatic rings. The molecule has 1 aromatic heterocycles. The Bertz CT molecular complexity index is 978. The molecule has 0 saturated carbocycles. The highest BCUT2D eigenvalue weighted by Crippen LogP contribution is 2.30. The molecular weight excluding hydrogens is 378 g/mol. The number of benzene rings is 3. The van der Waals surface area contributed by atoms with Crippen molar-refractivity contribution in [2.75, 3.05) is 0 Å². The highest BCUT2D eigenvalue weighted by molar-refractivity contribution is 9.10. The van der Waals surface area contributed by atoms with E-state index in [-0.39, 0.29) is 0 Å². The number of hydrogen-bond donors (Lipinski definition) is 0. The molecule has 0 aliphatic heterocycles. The third kappa shape index (κ3) is 3.64. The highest BCUT2D eigenvalue weighted by Gasteiger charge is 2.09. The number of ether oxygens (including phenoxy) is 1. The van der Waals surface area contributed by atoms with Gasteiger partial charge in [0.15, 0.2) is 5.76 Å². The van der Waals surface area contributed by atoms with Crippen LogP contribution < -0.4 is 4.74 Å². The van der Waals surface area contributed by atoms with Gasteiger partial charge in [0, 0.05) is 21.7 Å². The monoisotopic (exact) mass is 391 g/mol. The number of nitrogens with zero attached hydrogens (tertiary/aromatic N) is 1. The van der Waals surface area contributed by atoms with Gasteiger partial charge in [-0.15, -0.1) is 0 Å². The van der Waals surface area contributed by atoms with Gasteiger partial charge in [0.25, 0.3) is 0 Å². The molecular formula is C21H14BrNO2. The molecule has 0 fully saturated rings. The molecule has 122 valence electrons. The molecule has 0 saturated heterocycles. The van der Waals surface area contributed by atoms with Crippen molar-refractivity contribution in [3.8, 4) is 34.1 Å². The number of para-hydroxylation sites is 1. The third-order valence-electron chi connectivity index (χ3n) is 3.75. The van der Waals surface area contributed by atoms with Crippen LogP contribution in [0.15, 0.2) is 93.9 Å². The van der Waals surface area contributed by atoms with Gasteiger partial charge in [-0.05, 0) is 36.4 Å². The van der Waals surface area contributed by atoms with Gasteiger partial charge in [0.1, 0.15) is 17.2 Å². The molecule has 4 rings (SSSR count). The maximum Gasteiger partial charge on any atom is 0.167 e. The number of hydrogen-bond acceptors (Lipinski definition) is 3. The zero-order valence-electron chi connectivity index (χ0n) is 13.2. The summed E-state index contributed by atoms with van der Waals surface area (Å²) in [6.07, 6.45) is 0. The summed E-state index contributed by atoms with van der Waals surface area (Å²) in [5, 5.41) is 4.18. The van der Waals surface area contributed by atoms with E-state index in [0.717, 1.165) is 32.8 Å². The van der Waals surface area contributed by atoms with E-state index in [9.17, 15) is 0 Å². The molecule has 0 spiro atoms. The molecule has 0 radical (unpaired) electrons. The van der Waals surface area contributed by atoms with Crippen LogP contribution in [-0.4, -0.2) is 5.16 Å². The molecule has 0 aliphatic carbocycles. The first-order valence-corrected chi connectivity index (χ1v) is 8.63. The second kappa shape index (κ2) is 6.95. The Kier molecular flexibility index (Phi) is 4.36. The van der Waals surface area contributed by atoms with Crippen LogP contribution in [0, 0.1) is 0 Å². The van der Waals surface area contributed by atoms with Crippen molar-refractivity contribution < 1.29 is 9.26 Å². The van der Waals surface area contributed by atoms with Crippen molar-refractivity contribution >= 4 is 15.9 Å². The van der Waals surface area contributed by atoms with Crippen molar-refractivity contribution in [1.29, 1.82) is 0 Å². The van der Waals surface area contributed by atoms with Crippen LogP contribution in [0.3, 0.4) is 0 Å². The van der Waals surface area contributed by atoms with Crippen LogP contribution in [0.25, 0.3) is 22.6 Å². The molecule has 0 N–H and O–H groups in total. The fourth-order valence-electron chi connectivity index (χ4n) is 2.51. The summed E-state index contributed by atoms with van der Waals surface area (Å²) < 4.78 is 12.4. The zero-order valence-corrected chi connectivity index (χ0v) is 14.8. The highest BCUT2D eigenvalue weighted by atomic mass is 79.9. The summed E-state index contributed by atoms with van der Waals surface area (Å²) in [7, 11) is 0. The molecule has 4 heteroatoms. The lowest BCUT2D eigenvalue weighted by Gasteiger charge is -2.06. The lowest BCUT2D eigenvalue weighted by molar-refractivity contribution is 0.434. The van der Waals surface area contributed by atoms with E-state index in [1.54, 1.807) is 0 Å². The fraction of sp³-hybridized carbons (Fsp3) is 0. The van der Waals surface area contributed by atoms with E-state index < -0.39 is 0 Å². The van der Waals surface area contributed by atoms with Crippen molar-refractivity contribution in [3.05, 3.63) is 89.4 Å². The molecule has 3 aromatic carbocycles. The molecule has 0 amide bonds. The predicted octanol–water partition coefficient (Wildman–Crippen LogP) is 6.56. The summed E-state index contributed by atoms with van der Waals surface area (Å²) >= 11 is 3.44. The SMILES string of the molecule is Brc1ccc(-c2cc(-c3cccc(Oc4ccccc4)c3)on2)cc1. The smallest absolute Gasteiger partial charge is 0.167 e. The molecule has 0 unspecified atom stereocenters. The zero-order chi connectivity index (χ0) is 17.1. The van der Waals surface area contributed by atoms with Gasteiger partial charge in [-0.1, -0.05) is 63.6 Å². The number of aromatic nitrogens is 1. The molecule has 1 heterocycles. The minimum atomic E-state index is 0.705. The molecule has 0 bridgehead atoms. The summed E-state index contributed by atoms with van der Waals surface area (Å²) in [6.45, 7) is 0. The first kappa shape index (κ1) is 15.7. The first-order chi connectivity index (χ1) is 12.3. The Morgan fingerprint density at radius 1 is 0.720 bits per heavy atom. The first-order valence-electron chi connectivity index (χ1n) is 7.84. The van der Waals surface area contributed by atoms with Gasteiger partial charge >= 0.3 is 0 Å². The Balaban J connectivity index is 1.60. The third-order valence-corrected chi connectivity index (χ3v) is 4.28. The lowest BCUT2D eigenvalue weighted by atomic mass is 10.1. The number of rotatable bonds is 4. The molecule has 3 nitrogen and oxygen atoms in total. The van der Waals surface area contributed by atoms with E-state index in [2.05, 4.69) is 21.1 Å². The fourth-order valence-corrected chi connectivity index (χ4v) is 2.77. The molecule has 0 atom stereocenters. The lowest BCUT2D eigenvalue weighted by Crippen LogP contribution is -1.84. The maximum absolute atomic E-state index is 5.88. The van der Waals surface area contributed by atoms with Crippen LogP contribution in [0.2, 0.25) is 0 Å². The standard InChI is InChI=1S/C21H14BrNO2/c22-17-11-9-15(10-12-17)20-14-21(25-23-20)16-5-4-8-19(13-16)24-18-6-2-1-3-7-18/h1-14H. The van der Waals surface area contributed by atoms with Gasteiger partial charge in [-0.3, -0.25) is 0 Å². The topological polar surface area (TPSA) is 35.3 Å². The quantitative estimate of drug-likeness (QED) is 0.394. The summed E-state index contributed by atoms with van der Waals surface area (Å²) in [5.41, 5.74) is 2.73. The normalized spacial score (nSPS) is 10.6. The second-order valence-corrected chi connectivity index (χ2v) is 6.44. The van der Waals surface area contributed by atoms with E-state index in [1.807, 2.05) is 84.9 Å². The minimum absolute atomic E-state index is 0.705. The van der Waals surface area contributed by atoms with Crippen molar-refractivity contribution in [2.24, 2.45) is 0 Å². The predicted molar refractivity (Wildman–Crippen MR) is 102 cm³/mol. The van der Waals surface area contributed by atoms with Gasteiger partial charge in [-0.2, -0.15) is 0 Å². The van der Waals surface area contributed by atoms with Crippen molar-refractivity contribution in [2.45, 2.75) is 0 Å². The average molecular weight is 392 g/mol. The van der Waals surface area contributed by atoms with Crippen LogP contribution in [0.1, 0.15) is 0 Å². The Morgan fingerprint density at radius 3 is 2.28 bits per heavy atom. The Morgan fingerprint density at radius 2 is 1.48 bits per heavy atom. The molecule has 25 heavy (non-hydrogen) atoms. The van der Waals surface area contributed by atoms with Gasteiger partial charge in [0.2, 0.25) is 0 Å². The summed E-state index contributed by atoms with van der Waals surface area (Å²) in [4.78, 5) is 0. The Labute approximate surface area is 154 Å². The van der Waals surface area contributed by atoms with E-state index in [0.29, 0.717) is 5.76 Å². The van der Waals surface area contributed by atoms with E-state index in [4.69, 9.17) is 9.26 Å². The summed E-state index contributed by atoms with van der Waals surface area (Å²) in [5.74, 6) is 2.26. The van der Waals surface area contributed by atoms with Gasteiger partial charge in [0.05, 0.1) is 0 Å². The minimum Gasteiger partial charge on any atom is -0.457 e. The van der Waals surface area contributed by atoms with Gasteiger partial charge in [-0.25, -0.2) is 0 Å². The Hall–Kier alpha value is -2.85. The average Bonchev–Trinajstić information content (AvgIpc) is 3.14. The van der Waals surface area contributed by atoms with Crippen LogP contribution in [0.5, 0.6) is 11.5 Å². The largest absolute Gasteiger partial charge is 0.457 e. The van der Waals surface area contributed by atoms with E-state index >= 15 is 0 Å². The van der Waals surface area contributed by atoms with Crippen LogP contribution in [0.4, 0.5) is 0 Å². The van der Waals surface area contributed by atoms with Crippen LogP contribution >= 0.6 is 15.9 Å².